The molecular formula is C12H14N4OS. The summed E-state index contributed by atoms with van der Waals surface area (Å²) in [7, 11) is 0. The van der Waals surface area contributed by atoms with E-state index in [1.165, 1.54) is 0 Å². The van der Waals surface area contributed by atoms with Crippen molar-refractivity contribution in [3.8, 4) is 5.88 Å². The number of aromatic hydroxyl groups is 1. The molecule has 94 valence electrons. The first kappa shape index (κ1) is 12.5. The Morgan fingerprint density at radius 1 is 1.44 bits per heavy atom. The van der Waals surface area contributed by atoms with E-state index >= 15 is 0 Å². The summed E-state index contributed by atoms with van der Waals surface area (Å²) in [4.78, 5) is 2.83. The number of aromatic amines is 1. The summed E-state index contributed by atoms with van der Waals surface area (Å²) >= 11 is 5.00. The number of aromatic nitrogens is 1. The van der Waals surface area contributed by atoms with Gasteiger partial charge in [-0.3, -0.25) is 0 Å². The van der Waals surface area contributed by atoms with E-state index in [1.54, 1.807) is 0 Å². The lowest BCUT2D eigenvalue weighted by atomic mass is 10.2. The summed E-state index contributed by atoms with van der Waals surface area (Å²) in [5.41, 5.74) is 1.22. The third-order valence-electron chi connectivity index (χ3n) is 2.43. The number of azo groups is 1. The maximum atomic E-state index is 9.75. The van der Waals surface area contributed by atoms with Gasteiger partial charge in [0, 0.05) is 11.9 Å². The average molecular weight is 262 g/mol. The van der Waals surface area contributed by atoms with Gasteiger partial charge in [0.05, 0.1) is 5.52 Å². The molecule has 6 heteroatoms. The molecule has 0 atom stereocenters. The molecule has 18 heavy (non-hydrogen) atoms. The normalized spacial score (nSPS) is 11.2. The molecule has 0 amide bonds. The van der Waals surface area contributed by atoms with E-state index in [0.717, 1.165) is 23.9 Å². The Hall–Kier alpha value is -1.95. The maximum Gasteiger partial charge on any atom is 0.218 e. The molecule has 2 rings (SSSR count). The Kier molecular flexibility index (Phi) is 3.88. The molecule has 2 aromatic rings. The van der Waals surface area contributed by atoms with Crippen LogP contribution >= 0.6 is 12.2 Å². The molecular weight excluding hydrogens is 248 g/mol. The standard InChI is InChI=1S/C12H14N4OS/c1-2-7-13-12(18)16-15-10-8-5-3-4-6-9(8)14-11(10)17/h3-6,14,17H,2,7H2,1H3,(H,13,18). The summed E-state index contributed by atoms with van der Waals surface area (Å²) in [6.45, 7) is 2.80. The van der Waals surface area contributed by atoms with Crippen LogP contribution in [0.3, 0.4) is 0 Å². The molecule has 0 saturated heterocycles. The number of benzene rings is 1. The molecule has 0 aliphatic rings. The molecule has 0 bridgehead atoms. The summed E-state index contributed by atoms with van der Waals surface area (Å²) < 4.78 is 0. The predicted molar refractivity (Wildman–Crippen MR) is 75.4 cm³/mol. The van der Waals surface area contributed by atoms with E-state index in [9.17, 15) is 5.11 Å². The van der Waals surface area contributed by atoms with Gasteiger partial charge in [0.25, 0.3) is 0 Å². The summed E-state index contributed by atoms with van der Waals surface area (Å²) in [6, 6.07) is 7.49. The van der Waals surface area contributed by atoms with E-state index in [1.807, 2.05) is 31.2 Å². The molecule has 0 spiro atoms. The van der Waals surface area contributed by atoms with Crippen LogP contribution in [0.4, 0.5) is 5.69 Å². The number of hydrogen-bond acceptors (Lipinski definition) is 3. The van der Waals surface area contributed by atoms with E-state index in [-0.39, 0.29) is 5.88 Å². The van der Waals surface area contributed by atoms with Gasteiger partial charge in [0.15, 0.2) is 5.69 Å². The SMILES string of the molecule is CCCNC(=S)N=Nc1c(O)[nH]c2ccccc12. The topological polar surface area (TPSA) is 72.8 Å². The minimum absolute atomic E-state index is 0.00163. The van der Waals surface area contributed by atoms with Crippen LogP contribution in [-0.4, -0.2) is 21.7 Å². The van der Waals surface area contributed by atoms with Crippen molar-refractivity contribution in [2.45, 2.75) is 13.3 Å². The summed E-state index contributed by atoms with van der Waals surface area (Å²) in [5, 5.41) is 21.7. The van der Waals surface area contributed by atoms with Crippen LogP contribution in [0.1, 0.15) is 13.3 Å². The van der Waals surface area contributed by atoms with Crippen molar-refractivity contribution in [3.05, 3.63) is 24.3 Å². The van der Waals surface area contributed by atoms with E-state index in [4.69, 9.17) is 12.2 Å². The van der Waals surface area contributed by atoms with Gasteiger partial charge >= 0.3 is 0 Å². The molecule has 0 aliphatic heterocycles. The molecule has 5 nitrogen and oxygen atoms in total. The highest BCUT2D eigenvalue weighted by atomic mass is 32.1. The van der Waals surface area contributed by atoms with Crippen LogP contribution in [0.25, 0.3) is 10.9 Å². The zero-order valence-electron chi connectivity index (χ0n) is 9.97. The average Bonchev–Trinajstić information content (AvgIpc) is 2.69. The fourth-order valence-corrected chi connectivity index (χ4v) is 1.72. The number of thiocarbonyl (C=S) groups is 1. The van der Waals surface area contributed by atoms with E-state index in [0.29, 0.717) is 10.8 Å². The minimum atomic E-state index is -0.00163. The van der Waals surface area contributed by atoms with Crippen molar-refractivity contribution in [2.75, 3.05) is 6.54 Å². The number of nitrogens with zero attached hydrogens (tertiary/aromatic N) is 2. The fourth-order valence-electron chi connectivity index (χ4n) is 1.58. The first-order valence-corrected chi connectivity index (χ1v) is 6.12. The van der Waals surface area contributed by atoms with Crippen molar-refractivity contribution < 1.29 is 5.11 Å². The van der Waals surface area contributed by atoms with E-state index in [2.05, 4.69) is 20.5 Å². The Balaban J connectivity index is 2.23. The van der Waals surface area contributed by atoms with Gasteiger partial charge in [0.2, 0.25) is 11.0 Å². The van der Waals surface area contributed by atoms with Crippen LogP contribution in [-0.2, 0) is 0 Å². The predicted octanol–water partition coefficient (Wildman–Crippen LogP) is 3.24. The van der Waals surface area contributed by atoms with Crippen molar-refractivity contribution in [2.24, 2.45) is 10.2 Å². The largest absolute Gasteiger partial charge is 0.493 e. The minimum Gasteiger partial charge on any atom is -0.493 e. The summed E-state index contributed by atoms with van der Waals surface area (Å²) in [6.07, 6.45) is 0.966. The van der Waals surface area contributed by atoms with Crippen LogP contribution in [0.2, 0.25) is 0 Å². The fraction of sp³-hybridized carbons (Fsp3) is 0.250. The molecule has 0 unspecified atom stereocenters. The van der Waals surface area contributed by atoms with Crippen molar-refractivity contribution >= 4 is 33.9 Å². The first-order valence-electron chi connectivity index (χ1n) is 5.71. The van der Waals surface area contributed by atoms with Crippen molar-refractivity contribution in [3.63, 3.8) is 0 Å². The monoisotopic (exact) mass is 262 g/mol. The Morgan fingerprint density at radius 2 is 2.22 bits per heavy atom. The van der Waals surface area contributed by atoms with Crippen molar-refractivity contribution in [1.82, 2.24) is 10.3 Å². The van der Waals surface area contributed by atoms with Gasteiger partial charge in [-0.2, -0.15) is 0 Å². The Morgan fingerprint density at radius 3 is 3.00 bits per heavy atom. The first-order chi connectivity index (χ1) is 8.72. The summed E-state index contributed by atoms with van der Waals surface area (Å²) in [5.74, 6) is -0.00163. The molecule has 1 aromatic heterocycles. The van der Waals surface area contributed by atoms with Gasteiger partial charge in [-0.15, -0.1) is 10.2 Å². The number of fused-ring (bicyclic) bond motifs is 1. The zero-order valence-corrected chi connectivity index (χ0v) is 10.8. The van der Waals surface area contributed by atoms with Crippen LogP contribution in [0.5, 0.6) is 5.88 Å². The highest BCUT2D eigenvalue weighted by molar-refractivity contribution is 7.80. The lowest BCUT2D eigenvalue weighted by Crippen LogP contribution is -2.19. The number of nitrogens with one attached hydrogen (secondary N) is 2. The lowest BCUT2D eigenvalue weighted by molar-refractivity contribution is 0.459. The quantitative estimate of drug-likeness (QED) is 0.587. The van der Waals surface area contributed by atoms with Crippen LogP contribution < -0.4 is 5.32 Å². The second-order valence-electron chi connectivity index (χ2n) is 3.80. The second-order valence-corrected chi connectivity index (χ2v) is 4.19. The highest BCUT2D eigenvalue weighted by Gasteiger charge is 2.09. The van der Waals surface area contributed by atoms with Gasteiger partial charge in [-0.1, -0.05) is 25.1 Å². The Labute approximate surface area is 110 Å². The number of hydrogen-bond donors (Lipinski definition) is 3. The third-order valence-corrected chi connectivity index (χ3v) is 2.65. The van der Waals surface area contributed by atoms with Gasteiger partial charge in [0.1, 0.15) is 0 Å². The van der Waals surface area contributed by atoms with Gasteiger partial charge < -0.3 is 15.4 Å². The number of para-hydroxylation sites is 1. The van der Waals surface area contributed by atoms with E-state index < -0.39 is 0 Å². The lowest BCUT2D eigenvalue weighted by Gasteiger charge is -1.98. The third kappa shape index (κ3) is 2.65. The van der Waals surface area contributed by atoms with Gasteiger partial charge in [-0.25, -0.2) is 0 Å². The molecule has 0 aliphatic carbocycles. The highest BCUT2D eigenvalue weighted by Crippen LogP contribution is 2.34. The molecule has 0 saturated carbocycles. The zero-order chi connectivity index (χ0) is 13.0. The molecule has 0 fully saturated rings. The maximum absolute atomic E-state index is 9.75. The number of H-pyrrole nitrogens is 1. The molecule has 3 N–H and O–H groups in total. The molecule has 1 heterocycles. The van der Waals surface area contributed by atoms with Crippen molar-refractivity contribution in [1.29, 1.82) is 0 Å². The number of rotatable bonds is 3. The second kappa shape index (κ2) is 5.59. The van der Waals surface area contributed by atoms with Crippen LogP contribution in [0.15, 0.2) is 34.5 Å². The molecule has 1 aromatic carbocycles. The van der Waals surface area contributed by atoms with Gasteiger partial charge in [-0.05, 0) is 24.7 Å². The molecule has 0 radical (unpaired) electrons. The van der Waals surface area contributed by atoms with Crippen LogP contribution in [0, 0.1) is 0 Å². The smallest absolute Gasteiger partial charge is 0.218 e. The Bertz CT molecular complexity index is 591.